The second-order valence-corrected chi connectivity index (χ2v) is 31.6. The fraction of sp³-hybridized carbons (Fsp3) is 0.00917. The largest absolute Gasteiger partial charge is 0.312 e. The minimum Gasteiger partial charge on any atom is -0.312 e. The van der Waals surface area contributed by atoms with Gasteiger partial charge in [-0.1, -0.05) is 349 Å². The molecule has 8 aliphatic rings. The SMILES string of the molecule is Cc1ccc2c(c1)N(c1ccccc1)c1cccc3c1B2c1ccccc1-3.c1ccc(-c2ccc3c(c2)-c2cccc4c2B3c2ccccc2N4c2ccccc2)cc1.c1ccc(-c2cccc3c2-c2cccc4c2B3c2ccccc2N4c2ccccc2)cc1.c1ccc(N2c3ccccc3B3c4ccccc4-c4cccc2c43)cc1. The van der Waals surface area contributed by atoms with Crippen LogP contribution >= 0.6 is 0 Å². The highest BCUT2D eigenvalue weighted by molar-refractivity contribution is 7.03. The first-order valence-electron chi connectivity index (χ1n) is 40.9. The Morgan fingerprint density at radius 3 is 0.889 bits per heavy atom. The van der Waals surface area contributed by atoms with Gasteiger partial charge in [-0.2, -0.15) is 0 Å². The fourth-order valence-electron chi connectivity index (χ4n) is 20.7. The van der Waals surface area contributed by atoms with Gasteiger partial charge in [-0.05, 0) is 226 Å². The lowest BCUT2D eigenvalue weighted by Crippen LogP contribution is -2.54. The van der Waals surface area contributed by atoms with Gasteiger partial charge in [-0.25, -0.2) is 0 Å². The Labute approximate surface area is 685 Å². The van der Waals surface area contributed by atoms with Gasteiger partial charge in [0, 0.05) is 68.2 Å². The fourth-order valence-corrected chi connectivity index (χ4v) is 20.7. The molecule has 0 fully saturated rings. The molecular weight excluding hydrogens is 1410 g/mol. The van der Waals surface area contributed by atoms with Gasteiger partial charge in [0.25, 0.3) is 0 Å². The van der Waals surface area contributed by atoms with E-state index >= 15 is 0 Å². The number of anilines is 12. The first-order chi connectivity index (χ1) is 58.1. The lowest BCUT2D eigenvalue weighted by molar-refractivity contribution is 1.28. The molecule has 0 unspecified atom stereocenters. The van der Waals surface area contributed by atoms with Crippen molar-refractivity contribution in [2.45, 2.75) is 6.92 Å². The molecule has 0 spiro atoms. The molecule has 0 bridgehead atoms. The maximum absolute atomic E-state index is 2.43. The second-order valence-electron chi connectivity index (χ2n) is 31.6. The number of nitrogens with zero attached hydrogens (tertiary/aromatic N) is 4. The maximum atomic E-state index is 2.43. The van der Waals surface area contributed by atoms with Gasteiger partial charge < -0.3 is 19.6 Å². The number of hydrogen-bond acceptors (Lipinski definition) is 4. The van der Waals surface area contributed by atoms with Gasteiger partial charge >= 0.3 is 0 Å². The third kappa shape index (κ3) is 10.8. The van der Waals surface area contributed by atoms with Crippen LogP contribution in [0.4, 0.5) is 68.2 Å². The summed E-state index contributed by atoms with van der Waals surface area (Å²) in [6.07, 6.45) is 0. The molecule has 0 atom stereocenters. The Morgan fingerprint density at radius 1 is 0.162 bits per heavy atom. The Morgan fingerprint density at radius 2 is 0.444 bits per heavy atom. The summed E-state index contributed by atoms with van der Waals surface area (Å²) in [7, 11) is 0. The zero-order chi connectivity index (χ0) is 77.2. The maximum Gasteiger partial charge on any atom is 0.248 e. The van der Waals surface area contributed by atoms with E-state index in [1.54, 1.807) is 0 Å². The highest BCUT2D eigenvalue weighted by Crippen LogP contribution is 2.47. The van der Waals surface area contributed by atoms with Crippen LogP contribution in [0.25, 0.3) is 66.8 Å². The van der Waals surface area contributed by atoms with Crippen LogP contribution in [0, 0.1) is 6.92 Å². The van der Waals surface area contributed by atoms with E-state index in [-0.39, 0.29) is 13.4 Å². The smallest absolute Gasteiger partial charge is 0.248 e. The Bertz CT molecular complexity index is 6940. The van der Waals surface area contributed by atoms with Crippen molar-refractivity contribution in [3.8, 4) is 66.8 Å². The van der Waals surface area contributed by atoms with Crippen LogP contribution in [0.15, 0.2) is 431 Å². The molecule has 0 saturated heterocycles. The standard InChI is InChI=1S/2C30H20BN.C25H18BN.C24H16BN/c1-3-11-21(12-4-1)23-15-9-18-26-29(23)24-16-10-20-28-30(24)31(26)25-17-7-8-19-27(25)32(28)22-13-5-2-6-14-22;1-3-10-21(11-4-1)22-18-19-26-25(20-22)24-14-9-17-29-30(24)31(26)27-15-7-8-16-28(27)32(29)23-12-5-2-6-13-23;1-17-14-15-22-24(16-17)27(18-8-3-2-4-9-18)23-13-7-11-20-19-10-5-6-12-21(19)26(22)25(20)23;1-2-9-17(10-3-1)26-22-15-7-6-14-21(22)25-20-13-5-4-11-18(20)19-12-8-16-23(26)24(19)25/h2*1-20H;2-16H,1H3;1-16H. The summed E-state index contributed by atoms with van der Waals surface area (Å²) in [5.41, 5.74) is 49.4. The summed E-state index contributed by atoms with van der Waals surface area (Å²) >= 11 is 0. The van der Waals surface area contributed by atoms with Crippen molar-refractivity contribution in [2.24, 2.45) is 0 Å². The van der Waals surface area contributed by atoms with Gasteiger partial charge in [0.05, 0.1) is 0 Å². The molecule has 0 aromatic heterocycles. The number of fused-ring (bicyclic) bond motifs is 20. The number of aryl methyl sites for hydroxylation is 1. The number of benzene rings is 18. The van der Waals surface area contributed by atoms with Crippen molar-refractivity contribution in [1.29, 1.82) is 0 Å². The summed E-state index contributed by atoms with van der Waals surface area (Å²) in [6, 6.07) is 156. The molecule has 0 N–H and O–H groups in total. The zero-order valence-corrected chi connectivity index (χ0v) is 64.6. The summed E-state index contributed by atoms with van der Waals surface area (Å²) in [5.74, 6) is 0. The third-order valence-electron chi connectivity index (χ3n) is 25.4. The van der Waals surface area contributed by atoms with Gasteiger partial charge in [-0.3, -0.25) is 0 Å². The number of para-hydroxylation sites is 7. The van der Waals surface area contributed by atoms with E-state index in [0.717, 1.165) is 0 Å². The molecular formula is C109H74B4N4. The molecule has 8 heterocycles. The predicted molar refractivity (Wildman–Crippen MR) is 500 cm³/mol. The Balaban J connectivity index is 0.0000000921. The van der Waals surface area contributed by atoms with E-state index in [1.165, 1.54) is 206 Å². The lowest BCUT2D eigenvalue weighted by Gasteiger charge is -2.36. The van der Waals surface area contributed by atoms with Crippen LogP contribution < -0.4 is 85.2 Å². The van der Waals surface area contributed by atoms with E-state index in [0.29, 0.717) is 13.4 Å². The topological polar surface area (TPSA) is 13.0 Å². The first-order valence-corrected chi connectivity index (χ1v) is 40.9. The minimum absolute atomic E-state index is 0.260. The van der Waals surface area contributed by atoms with Crippen LogP contribution in [-0.4, -0.2) is 26.9 Å². The molecule has 117 heavy (non-hydrogen) atoms. The molecule has 18 aromatic rings. The zero-order valence-electron chi connectivity index (χ0n) is 64.6. The van der Waals surface area contributed by atoms with Crippen molar-refractivity contribution >= 4 is 161 Å². The average molecular weight is 1480 g/mol. The third-order valence-corrected chi connectivity index (χ3v) is 25.4. The molecule has 0 radical (unpaired) electrons. The van der Waals surface area contributed by atoms with Crippen molar-refractivity contribution < 1.29 is 0 Å². The van der Waals surface area contributed by atoms with Gasteiger partial charge in [0.15, 0.2) is 0 Å². The van der Waals surface area contributed by atoms with E-state index in [9.17, 15) is 0 Å². The van der Waals surface area contributed by atoms with Crippen molar-refractivity contribution in [3.63, 3.8) is 0 Å². The highest BCUT2D eigenvalue weighted by atomic mass is 15.2. The monoisotopic (exact) mass is 1480 g/mol. The molecule has 0 aliphatic carbocycles. The molecule has 4 nitrogen and oxygen atoms in total. The summed E-state index contributed by atoms with van der Waals surface area (Å²) in [5, 5.41) is 0. The molecule has 26 rings (SSSR count). The van der Waals surface area contributed by atoms with Gasteiger partial charge in [0.1, 0.15) is 0 Å². The highest BCUT2D eigenvalue weighted by Gasteiger charge is 2.47. The summed E-state index contributed by atoms with van der Waals surface area (Å²) < 4.78 is 0. The van der Waals surface area contributed by atoms with E-state index in [4.69, 9.17) is 0 Å². The summed E-state index contributed by atoms with van der Waals surface area (Å²) in [4.78, 5) is 9.70. The van der Waals surface area contributed by atoms with Crippen LogP contribution in [0.3, 0.4) is 0 Å². The molecule has 8 aliphatic heterocycles. The van der Waals surface area contributed by atoms with E-state index < -0.39 is 0 Å². The van der Waals surface area contributed by atoms with E-state index in [2.05, 4.69) is 457 Å². The molecule has 18 aromatic carbocycles. The number of hydrogen-bond donors (Lipinski definition) is 0. The van der Waals surface area contributed by atoms with Gasteiger partial charge in [-0.15, -0.1) is 0 Å². The first kappa shape index (κ1) is 68.1. The van der Waals surface area contributed by atoms with Crippen LogP contribution in [0.2, 0.25) is 0 Å². The van der Waals surface area contributed by atoms with Crippen molar-refractivity contribution in [1.82, 2.24) is 0 Å². The molecule has 542 valence electrons. The second kappa shape index (κ2) is 27.9. The van der Waals surface area contributed by atoms with Crippen molar-refractivity contribution in [3.05, 3.63) is 436 Å². The lowest BCUT2D eigenvalue weighted by atomic mass is 9.37. The Kier molecular flexibility index (Phi) is 16.2. The predicted octanol–water partition coefficient (Wildman–Crippen LogP) is 19.5. The number of rotatable bonds is 6. The van der Waals surface area contributed by atoms with E-state index in [1.807, 2.05) is 0 Å². The average Bonchev–Trinajstić information content (AvgIpc) is 1.58. The van der Waals surface area contributed by atoms with Crippen LogP contribution in [-0.2, 0) is 0 Å². The minimum atomic E-state index is 0.260. The quantitative estimate of drug-likeness (QED) is 0.154. The van der Waals surface area contributed by atoms with Crippen LogP contribution in [0.1, 0.15) is 5.56 Å². The molecule has 0 saturated carbocycles. The summed E-state index contributed by atoms with van der Waals surface area (Å²) in [6.45, 7) is 3.36. The molecule has 0 amide bonds. The van der Waals surface area contributed by atoms with Crippen LogP contribution in [0.5, 0.6) is 0 Å². The molecule has 8 heteroatoms. The van der Waals surface area contributed by atoms with Crippen molar-refractivity contribution in [2.75, 3.05) is 19.6 Å². The van der Waals surface area contributed by atoms with Gasteiger partial charge in [0.2, 0.25) is 26.9 Å². The Hall–Kier alpha value is -14.6. The normalized spacial score (nSPS) is 13.0.